The van der Waals surface area contributed by atoms with E-state index < -0.39 is 0 Å². The monoisotopic (exact) mass is 211 g/mol. The van der Waals surface area contributed by atoms with Gasteiger partial charge in [-0.1, -0.05) is 0 Å². The molecule has 4 nitrogen and oxygen atoms in total. The molecule has 4 heteroatoms. The zero-order chi connectivity index (χ0) is 10.8. The Bertz CT molecular complexity index is 277. The van der Waals surface area contributed by atoms with Crippen LogP contribution in [0.15, 0.2) is 0 Å². The number of carbonyl (C=O) groups excluding carboxylic acids is 2. The molecule has 2 fully saturated rings. The molecule has 15 heavy (non-hydrogen) atoms. The van der Waals surface area contributed by atoms with Crippen molar-refractivity contribution in [1.29, 1.82) is 0 Å². The Kier molecular flexibility index (Phi) is 3.05. The third-order valence-electron chi connectivity index (χ3n) is 3.25. The Labute approximate surface area is 89.6 Å². The van der Waals surface area contributed by atoms with Gasteiger partial charge in [0.1, 0.15) is 11.8 Å². The number of rotatable bonds is 3. The summed E-state index contributed by atoms with van der Waals surface area (Å²) < 4.78 is 4.97. The normalized spacial score (nSPS) is 31.9. The molecule has 2 atom stereocenters. The molecule has 0 aliphatic carbocycles. The molecule has 2 aliphatic heterocycles. The Morgan fingerprint density at radius 1 is 1.53 bits per heavy atom. The first-order valence-electron chi connectivity index (χ1n) is 5.60. The summed E-state index contributed by atoms with van der Waals surface area (Å²) in [6.07, 6.45) is 3.47. The SMILES string of the molecule is CC(=O)CC1CCCN1C1CCOC1=O. The molecule has 2 saturated heterocycles. The molecular weight excluding hydrogens is 194 g/mol. The second-order valence-corrected chi connectivity index (χ2v) is 4.41. The van der Waals surface area contributed by atoms with Gasteiger partial charge in [0, 0.05) is 18.9 Å². The van der Waals surface area contributed by atoms with E-state index in [1.54, 1.807) is 6.92 Å². The first-order chi connectivity index (χ1) is 7.18. The third kappa shape index (κ3) is 2.20. The lowest BCUT2D eigenvalue weighted by molar-refractivity contribution is -0.143. The minimum atomic E-state index is -0.106. The molecule has 0 aromatic rings. The van der Waals surface area contributed by atoms with Gasteiger partial charge in [0.05, 0.1) is 6.61 Å². The van der Waals surface area contributed by atoms with Gasteiger partial charge < -0.3 is 4.74 Å². The lowest BCUT2D eigenvalue weighted by Gasteiger charge is -2.27. The average Bonchev–Trinajstić information content (AvgIpc) is 2.73. The quantitative estimate of drug-likeness (QED) is 0.646. The van der Waals surface area contributed by atoms with Crippen LogP contribution in [0.1, 0.15) is 32.6 Å². The van der Waals surface area contributed by atoms with Crippen LogP contribution in [-0.4, -0.2) is 41.9 Å². The van der Waals surface area contributed by atoms with E-state index >= 15 is 0 Å². The zero-order valence-electron chi connectivity index (χ0n) is 9.07. The number of ether oxygens (including phenoxy) is 1. The van der Waals surface area contributed by atoms with Crippen molar-refractivity contribution in [2.75, 3.05) is 13.2 Å². The number of ketones is 1. The second-order valence-electron chi connectivity index (χ2n) is 4.41. The molecule has 0 spiro atoms. The van der Waals surface area contributed by atoms with E-state index in [-0.39, 0.29) is 23.8 Å². The summed E-state index contributed by atoms with van der Waals surface area (Å²) in [5, 5.41) is 0. The Morgan fingerprint density at radius 2 is 2.33 bits per heavy atom. The van der Waals surface area contributed by atoms with Gasteiger partial charge in [0.2, 0.25) is 0 Å². The van der Waals surface area contributed by atoms with Crippen LogP contribution < -0.4 is 0 Å². The minimum absolute atomic E-state index is 0.0863. The summed E-state index contributed by atoms with van der Waals surface area (Å²) in [4.78, 5) is 24.7. The van der Waals surface area contributed by atoms with Crippen LogP contribution in [0.3, 0.4) is 0 Å². The van der Waals surface area contributed by atoms with Crippen LogP contribution in [0.4, 0.5) is 0 Å². The highest BCUT2D eigenvalue weighted by atomic mass is 16.5. The summed E-state index contributed by atoms with van der Waals surface area (Å²) in [5.74, 6) is 0.101. The van der Waals surface area contributed by atoms with Gasteiger partial charge in [-0.15, -0.1) is 0 Å². The van der Waals surface area contributed by atoms with Crippen molar-refractivity contribution in [2.45, 2.75) is 44.7 Å². The topological polar surface area (TPSA) is 46.6 Å². The Balaban J connectivity index is 2.00. The summed E-state index contributed by atoms with van der Waals surface area (Å²) in [5.41, 5.74) is 0. The molecule has 0 N–H and O–H groups in total. The number of nitrogens with zero attached hydrogens (tertiary/aromatic N) is 1. The van der Waals surface area contributed by atoms with Crippen molar-refractivity contribution in [1.82, 2.24) is 4.90 Å². The van der Waals surface area contributed by atoms with E-state index in [0.717, 1.165) is 25.8 Å². The molecule has 0 saturated carbocycles. The fraction of sp³-hybridized carbons (Fsp3) is 0.818. The van der Waals surface area contributed by atoms with E-state index in [0.29, 0.717) is 13.0 Å². The van der Waals surface area contributed by atoms with Crippen LogP contribution in [0, 0.1) is 0 Å². The van der Waals surface area contributed by atoms with Crippen molar-refractivity contribution in [3.05, 3.63) is 0 Å². The fourth-order valence-corrected chi connectivity index (χ4v) is 2.61. The minimum Gasteiger partial charge on any atom is -0.464 e. The molecule has 2 heterocycles. The van der Waals surface area contributed by atoms with Gasteiger partial charge >= 0.3 is 5.97 Å². The van der Waals surface area contributed by atoms with Crippen LogP contribution in [0.5, 0.6) is 0 Å². The molecule has 84 valence electrons. The van der Waals surface area contributed by atoms with Crippen molar-refractivity contribution in [3.63, 3.8) is 0 Å². The first kappa shape index (κ1) is 10.6. The van der Waals surface area contributed by atoms with E-state index in [1.165, 1.54) is 0 Å². The predicted octanol–water partition coefficient (Wildman–Crippen LogP) is 0.745. The first-order valence-corrected chi connectivity index (χ1v) is 5.60. The largest absolute Gasteiger partial charge is 0.464 e. The van der Waals surface area contributed by atoms with Gasteiger partial charge in [0.25, 0.3) is 0 Å². The van der Waals surface area contributed by atoms with E-state index in [9.17, 15) is 9.59 Å². The predicted molar refractivity (Wildman–Crippen MR) is 54.4 cm³/mol. The van der Waals surface area contributed by atoms with Crippen LogP contribution >= 0.6 is 0 Å². The summed E-state index contributed by atoms with van der Waals surface area (Å²) in [7, 11) is 0. The number of hydrogen-bond acceptors (Lipinski definition) is 4. The highest BCUT2D eigenvalue weighted by Gasteiger charge is 2.38. The number of hydrogen-bond donors (Lipinski definition) is 0. The number of cyclic esters (lactones) is 1. The lowest BCUT2D eigenvalue weighted by atomic mass is 10.1. The molecular formula is C11H17NO3. The number of carbonyl (C=O) groups is 2. The molecule has 0 aromatic heterocycles. The fourth-order valence-electron chi connectivity index (χ4n) is 2.61. The molecule has 0 bridgehead atoms. The van der Waals surface area contributed by atoms with Gasteiger partial charge in [-0.25, -0.2) is 0 Å². The number of esters is 1. The van der Waals surface area contributed by atoms with Crippen LogP contribution in [-0.2, 0) is 14.3 Å². The third-order valence-corrected chi connectivity index (χ3v) is 3.25. The molecule has 0 amide bonds. The smallest absolute Gasteiger partial charge is 0.323 e. The highest BCUT2D eigenvalue weighted by Crippen LogP contribution is 2.26. The standard InChI is InChI=1S/C11H17NO3/c1-8(13)7-9-3-2-5-12(9)10-4-6-15-11(10)14/h9-10H,2-7H2,1H3. The number of likely N-dealkylation sites (tertiary alicyclic amines) is 1. The lowest BCUT2D eigenvalue weighted by Crippen LogP contribution is -2.42. The van der Waals surface area contributed by atoms with Gasteiger partial charge in [-0.2, -0.15) is 0 Å². The molecule has 0 aromatic carbocycles. The Morgan fingerprint density at radius 3 is 2.93 bits per heavy atom. The van der Waals surface area contributed by atoms with Gasteiger partial charge in [-0.05, 0) is 26.3 Å². The van der Waals surface area contributed by atoms with Crippen molar-refractivity contribution in [3.8, 4) is 0 Å². The molecule has 2 aliphatic rings. The van der Waals surface area contributed by atoms with Crippen LogP contribution in [0.2, 0.25) is 0 Å². The Hall–Kier alpha value is -0.900. The van der Waals surface area contributed by atoms with Crippen molar-refractivity contribution < 1.29 is 14.3 Å². The maximum atomic E-state index is 11.4. The second kappa shape index (κ2) is 4.31. The summed E-state index contributed by atoms with van der Waals surface area (Å²) in [6, 6.07) is 0.176. The molecule has 2 rings (SSSR count). The number of Topliss-reactive ketones (excluding diaryl/α,β-unsaturated/α-hetero) is 1. The maximum absolute atomic E-state index is 11.4. The average molecular weight is 211 g/mol. The van der Waals surface area contributed by atoms with E-state index in [1.807, 2.05) is 0 Å². The zero-order valence-corrected chi connectivity index (χ0v) is 9.07. The van der Waals surface area contributed by atoms with Gasteiger partial charge in [-0.3, -0.25) is 14.5 Å². The maximum Gasteiger partial charge on any atom is 0.323 e. The summed E-state index contributed by atoms with van der Waals surface area (Å²) >= 11 is 0. The van der Waals surface area contributed by atoms with Crippen molar-refractivity contribution in [2.24, 2.45) is 0 Å². The van der Waals surface area contributed by atoms with E-state index in [2.05, 4.69) is 4.90 Å². The summed E-state index contributed by atoms with van der Waals surface area (Å²) in [6.45, 7) is 3.08. The van der Waals surface area contributed by atoms with Crippen molar-refractivity contribution >= 4 is 11.8 Å². The van der Waals surface area contributed by atoms with E-state index in [4.69, 9.17) is 4.74 Å². The highest BCUT2D eigenvalue weighted by molar-refractivity contribution is 5.78. The van der Waals surface area contributed by atoms with Crippen LogP contribution in [0.25, 0.3) is 0 Å². The molecule has 0 radical (unpaired) electrons. The molecule has 2 unspecified atom stereocenters. The van der Waals surface area contributed by atoms with Gasteiger partial charge in [0.15, 0.2) is 0 Å².